The normalized spacial score (nSPS) is 13.7. The molecular weight excluding hydrogens is 657 g/mol. The molecule has 252 valence electrons. The minimum Gasteiger partial charge on any atom is -0.507 e. The Morgan fingerprint density at radius 2 is 0.860 bits per heavy atom. The maximum atomic E-state index is 13.7. The van der Waals surface area contributed by atoms with Crippen LogP contribution in [0.2, 0.25) is 0 Å². The van der Waals surface area contributed by atoms with Gasteiger partial charge in [0.15, 0.2) is 0 Å². The maximum Gasteiger partial charge on any atom is 0.148 e. The lowest BCUT2D eigenvalue weighted by Gasteiger charge is -2.30. The Balaban J connectivity index is 1.23. The zero-order valence-corrected chi connectivity index (χ0v) is 29.9. The molecule has 0 amide bonds. The van der Waals surface area contributed by atoms with E-state index in [9.17, 15) is 20.1 Å². The van der Waals surface area contributed by atoms with Gasteiger partial charge in [-0.1, -0.05) is 128 Å². The molecule has 50 heavy (non-hydrogen) atoms. The zero-order valence-electron chi connectivity index (χ0n) is 28.3. The lowest BCUT2D eigenvalue weighted by Crippen LogP contribution is -2.39. The lowest BCUT2D eigenvalue weighted by molar-refractivity contribution is -0.122. The van der Waals surface area contributed by atoms with E-state index in [1.54, 1.807) is 6.92 Å². The average molecular weight is 697 g/mol. The molecule has 0 heterocycles. The Morgan fingerprint density at radius 3 is 1.18 bits per heavy atom. The van der Waals surface area contributed by atoms with E-state index in [4.69, 9.17) is 0 Å². The van der Waals surface area contributed by atoms with Gasteiger partial charge in [-0.15, -0.1) is 23.5 Å². The molecule has 0 aliphatic heterocycles. The van der Waals surface area contributed by atoms with E-state index in [-0.39, 0.29) is 29.0 Å². The highest BCUT2D eigenvalue weighted by atomic mass is 32.2. The third kappa shape index (κ3) is 8.00. The van der Waals surface area contributed by atoms with Crippen molar-refractivity contribution in [2.75, 3.05) is 0 Å². The first kappa shape index (κ1) is 35.1. The van der Waals surface area contributed by atoms with Gasteiger partial charge in [-0.2, -0.15) is 0 Å². The van der Waals surface area contributed by atoms with Crippen LogP contribution in [0.5, 0.6) is 11.5 Å². The Kier molecular flexibility index (Phi) is 10.8. The van der Waals surface area contributed by atoms with Crippen LogP contribution in [0, 0.1) is 0 Å². The van der Waals surface area contributed by atoms with Crippen molar-refractivity contribution in [2.45, 2.75) is 53.1 Å². The molecule has 0 aromatic heterocycles. The van der Waals surface area contributed by atoms with Crippen molar-refractivity contribution in [1.29, 1.82) is 0 Å². The summed E-state index contributed by atoms with van der Waals surface area (Å²) >= 11 is 2.92. The predicted molar refractivity (Wildman–Crippen MR) is 209 cm³/mol. The Labute approximate surface area is 302 Å². The summed E-state index contributed by atoms with van der Waals surface area (Å²) in [6, 6.07) is 46.8. The van der Waals surface area contributed by atoms with Crippen molar-refractivity contribution in [2.24, 2.45) is 0 Å². The summed E-state index contributed by atoms with van der Waals surface area (Å²) in [6.45, 7) is 5.53. The fraction of sp³-hybridized carbons (Fsp3) is 0.159. The number of phenols is 2. The summed E-state index contributed by atoms with van der Waals surface area (Å²) in [5.41, 5.74) is 5.06. The number of benzene rings is 6. The van der Waals surface area contributed by atoms with Gasteiger partial charge in [0.05, 0.1) is 10.9 Å². The minimum atomic E-state index is -1.31. The van der Waals surface area contributed by atoms with Crippen molar-refractivity contribution < 1.29 is 20.1 Å². The molecule has 0 saturated heterocycles. The van der Waals surface area contributed by atoms with Crippen LogP contribution in [0.3, 0.4) is 0 Å². The van der Waals surface area contributed by atoms with E-state index in [1.807, 2.05) is 159 Å². The first-order valence-electron chi connectivity index (χ1n) is 16.6. The number of hydrogen-bond acceptors (Lipinski definition) is 6. The quantitative estimate of drug-likeness (QED) is 0.111. The van der Waals surface area contributed by atoms with E-state index in [1.165, 1.54) is 23.5 Å². The summed E-state index contributed by atoms with van der Waals surface area (Å²) in [4.78, 5) is 15.5. The topological polar surface area (TPSA) is 77.8 Å². The molecule has 6 rings (SSSR count). The Morgan fingerprint density at radius 1 is 0.560 bits per heavy atom. The third-order valence-corrected chi connectivity index (χ3v) is 11.5. The average Bonchev–Trinajstić information content (AvgIpc) is 3.14. The van der Waals surface area contributed by atoms with Gasteiger partial charge in [-0.05, 0) is 60.4 Å². The van der Waals surface area contributed by atoms with Crippen LogP contribution >= 0.6 is 23.5 Å². The smallest absolute Gasteiger partial charge is 0.148 e. The summed E-state index contributed by atoms with van der Waals surface area (Å²) < 4.78 is 0. The van der Waals surface area contributed by atoms with E-state index in [0.29, 0.717) is 22.3 Å². The second kappa shape index (κ2) is 15.4. The maximum absolute atomic E-state index is 13.7. The minimum absolute atomic E-state index is 0.0281. The van der Waals surface area contributed by atoms with Gasteiger partial charge in [0, 0.05) is 43.7 Å². The summed E-state index contributed by atoms with van der Waals surface area (Å²) in [5, 5.41) is 33.7. The van der Waals surface area contributed by atoms with Crippen molar-refractivity contribution in [3.05, 3.63) is 146 Å². The van der Waals surface area contributed by atoms with Crippen LogP contribution in [-0.4, -0.2) is 37.2 Å². The number of carbonyl (C=O) groups is 1. The monoisotopic (exact) mass is 696 g/mol. The molecule has 0 saturated carbocycles. The van der Waals surface area contributed by atoms with E-state index in [2.05, 4.69) is 0 Å². The number of thioether (sulfide) groups is 2. The third-order valence-electron chi connectivity index (χ3n) is 8.99. The second-order valence-electron chi connectivity index (χ2n) is 12.7. The van der Waals surface area contributed by atoms with Gasteiger partial charge in [0.25, 0.3) is 0 Å². The highest BCUT2D eigenvalue weighted by molar-refractivity contribution is 8.00. The lowest BCUT2D eigenvalue weighted by atomic mass is 9.95. The molecule has 3 unspecified atom stereocenters. The Bertz CT molecular complexity index is 1940. The molecular formula is C44H40O4S2. The van der Waals surface area contributed by atoms with Crippen LogP contribution in [0.25, 0.3) is 44.5 Å². The SMILES string of the molecule is CC(Sc1cc(-c2ccccc2)c(O)c(-c2ccccc2)c1)C(=O)CC(C)(O)C(C)Sc1cc(-c2ccccc2)c(O)c(-c2ccccc2)c1. The number of aromatic hydroxyl groups is 2. The highest BCUT2D eigenvalue weighted by Crippen LogP contribution is 2.45. The van der Waals surface area contributed by atoms with Crippen molar-refractivity contribution in [1.82, 2.24) is 0 Å². The molecule has 0 spiro atoms. The van der Waals surface area contributed by atoms with Crippen LogP contribution in [0.4, 0.5) is 0 Å². The molecule has 0 fully saturated rings. The van der Waals surface area contributed by atoms with Crippen LogP contribution in [0.15, 0.2) is 155 Å². The van der Waals surface area contributed by atoms with Crippen molar-refractivity contribution >= 4 is 29.3 Å². The molecule has 6 aromatic rings. The first-order chi connectivity index (χ1) is 24.1. The van der Waals surface area contributed by atoms with E-state index >= 15 is 0 Å². The van der Waals surface area contributed by atoms with Crippen molar-refractivity contribution in [3.63, 3.8) is 0 Å². The van der Waals surface area contributed by atoms with Crippen LogP contribution in [0.1, 0.15) is 27.2 Å². The number of carbonyl (C=O) groups excluding carboxylic acids is 1. The molecule has 3 atom stereocenters. The van der Waals surface area contributed by atoms with Gasteiger partial charge in [-0.25, -0.2) is 0 Å². The number of rotatable bonds is 12. The molecule has 0 aliphatic rings. The number of aliphatic hydroxyl groups is 1. The van der Waals surface area contributed by atoms with Gasteiger partial charge >= 0.3 is 0 Å². The fourth-order valence-electron chi connectivity index (χ4n) is 5.94. The Hall–Kier alpha value is -4.75. The molecule has 0 aliphatic carbocycles. The largest absolute Gasteiger partial charge is 0.507 e. The first-order valence-corrected chi connectivity index (χ1v) is 18.4. The molecule has 6 aromatic carbocycles. The number of Topliss-reactive ketones (excluding diaryl/α,β-unsaturated/α-hetero) is 1. The second-order valence-corrected chi connectivity index (χ2v) is 15.5. The highest BCUT2D eigenvalue weighted by Gasteiger charge is 2.34. The van der Waals surface area contributed by atoms with Crippen LogP contribution in [-0.2, 0) is 4.79 Å². The molecule has 0 radical (unpaired) electrons. The number of phenolic OH excluding ortho intramolecular Hbond substituents is 2. The molecule has 6 heteroatoms. The fourth-order valence-corrected chi connectivity index (χ4v) is 8.06. The van der Waals surface area contributed by atoms with Crippen LogP contribution < -0.4 is 0 Å². The molecule has 3 N–H and O–H groups in total. The molecule has 0 bridgehead atoms. The predicted octanol–water partition coefficient (Wildman–Crippen LogP) is 11.1. The van der Waals surface area contributed by atoms with E-state index in [0.717, 1.165) is 32.0 Å². The summed E-state index contributed by atoms with van der Waals surface area (Å²) in [7, 11) is 0. The molecule has 4 nitrogen and oxygen atoms in total. The van der Waals surface area contributed by atoms with E-state index < -0.39 is 10.9 Å². The summed E-state index contributed by atoms with van der Waals surface area (Å²) in [5.74, 6) is 0.329. The van der Waals surface area contributed by atoms with Crippen molar-refractivity contribution in [3.8, 4) is 56.0 Å². The van der Waals surface area contributed by atoms with Gasteiger partial charge in [-0.3, -0.25) is 4.79 Å². The van der Waals surface area contributed by atoms with Gasteiger partial charge in [0.2, 0.25) is 0 Å². The zero-order chi connectivity index (χ0) is 35.3. The standard InChI is InChI=1S/C44H40O4S2/c1-29(49-35-24-37(31-16-8-4-9-17-31)42(46)38(25-35)32-18-10-5-11-19-32)41(45)28-44(3,48)30(2)50-36-26-39(33-20-12-6-13-21-33)43(47)40(27-36)34-22-14-7-15-23-34/h4-27,29-30,46-48H,28H2,1-3H3. The summed E-state index contributed by atoms with van der Waals surface area (Å²) in [6.07, 6.45) is -0.0281. The number of ketones is 1. The number of hydrogen-bond donors (Lipinski definition) is 3. The van der Waals surface area contributed by atoms with Gasteiger partial charge in [0.1, 0.15) is 17.3 Å². The van der Waals surface area contributed by atoms with Gasteiger partial charge < -0.3 is 15.3 Å².